The van der Waals surface area contributed by atoms with E-state index in [1.807, 2.05) is 0 Å². The van der Waals surface area contributed by atoms with Gasteiger partial charge in [0.1, 0.15) is 23.8 Å². The van der Waals surface area contributed by atoms with E-state index in [1.165, 1.54) is 26.1 Å². The van der Waals surface area contributed by atoms with Crippen molar-refractivity contribution < 1.29 is 53.4 Å². The van der Waals surface area contributed by atoms with Crippen LogP contribution in [-0.4, -0.2) is 106 Å². The van der Waals surface area contributed by atoms with Crippen molar-refractivity contribution in [3.05, 3.63) is 22.7 Å². The van der Waals surface area contributed by atoms with Gasteiger partial charge in [0.05, 0.1) is 26.4 Å². The number of aliphatic hydroxyl groups is 2. The molecule has 0 bridgehead atoms. The smallest absolute Gasteiger partial charge is 0.407 e. The van der Waals surface area contributed by atoms with Crippen LogP contribution in [0.2, 0.25) is 0 Å². The zero-order valence-electron chi connectivity index (χ0n) is 20.2. The van der Waals surface area contributed by atoms with Gasteiger partial charge in [0.2, 0.25) is 5.91 Å². The predicted octanol–water partition coefficient (Wildman–Crippen LogP) is -1.99. The summed E-state index contributed by atoms with van der Waals surface area (Å²) < 4.78 is 22.0. The number of hydrogen-bond donors (Lipinski definition) is 5. The number of ketones is 1. The van der Waals surface area contributed by atoms with Crippen molar-refractivity contribution in [3.8, 4) is 0 Å². The van der Waals surface area contributed by atoms with Crippen molar-refractivity contribution in [1.82, 2.24) is 14.9 Å². The molecule has 16 heteroatoms. The van der Waals surface area contributed by atoms with Crippen molar-refractivity contribution in [3.63, 3.8) is 0 Å². The molecule has 0 radical (unpaired) electrons. The Morgan fingerprint density at radius 1 is 1.22 bits per heavy atom. The number of aliphatic hydroxyl groups excluding tert-OH is 2. The zero-order chi connectivity index (χ0) is 27.5. The summed E-state index contributed by atoms with van der Waals surface area (Å²) in [6, 6.07) is 1.31. The molecule has 2 heterocycles. The number of nitrogens with one attached hydrogen (secondary N) is 2. The summed E-state index contributed by atoms with van der Waals surface area (Å²) in [4.78, 5) is 61.6. The molecule has 0 aliphatic carbocycles. The highest BCUT2D eigenvalue weighted by Gasteiger charge is 2.47. The molecule has 0 spiro atoms. The number of hydrogen-bond acceptors (Lipinski definition) is 12. The van der Waals surface area contributed by atoms with Gasteiger partial charge in [-0.3, -0.25) is 14.2 Å². The summed E-state index contributed by atoms with van der Waals surface area (Å²) in [7, 11) is 0. The molecule has 1 aliphatic heterocycles. The summed E-state index contributed by atoms with van der Waals surface area (Å²) in [6.45, 7) is 1.76. The van der Waals surface area contributed by atoms with Crippen molar-refractivity contribution in [2.24, 2.45) is 0 Å². The Balaban J connectivity index is 1.85. The summed E-state index contributed by atoms with van der Waals surface area (Å²) in [5.74, 6) is -2.04. The van der Waals surface area contributed by atoms with Crippen LogP contribution in [0.5, 0.6) is 0 Å². The number of carboxylic acids is 1. The molecule has 0 saturated carbocycles. The number of ether oxygens (including phenoxy) is 4. The third kappa shape index (κ3) is 9.18. The fourth-order valence-electron chi connectivity index (χ4n) is 3.30. The van der Waals surface area contributed by atoms with Crippen LogP contribution in [0.15, 0.2) is 17.1 Å². The lowest BCUT2D eigenvalue weighted by Crippen LogP contribution is -2.42. The van der Waals surface area contributed by atoms with E-state index in [2.05, 4.69) is 15.6 Å². The predicted molar refractivity (Wildman–Crippen MR) is 122 cm³/mol. The summed E-state index contributed by atoms with van der Waals surface area (Å²) in [6.07, 6.45) is -6.58. The number of carbonyl (C=O) groups is 4. The minimum atomic E-state index is -1.46. The number of nitrogens with zero attached hydrogens (tertiary/aromatic N) is 2. The van der Waals surface area contributed by atoms with Crippen LogP contribution < -0.4 is 16.3 Å². The number of carbonyl (C=O) groups excluding carboxylic acids is 3. The van der Waals surface area contributed by atoms with Gasteiger partial charge in [-0.1, -0.05) is 0 Å². The Morgan fingerprint density at radius 3 is 2.54 bits per heavy atom. The SMILES string of the molecule is CC(=O)CC(OCCOCCNC(=O)O[C@@H]1[C@H](O)[C@@H](CO)O[C@H]1n1ccc(NC(C)=O)nc1=O)C(=O)O. The van der Waals surface area contributed by atoms with E-state index in [4.69, 9.17) is 24.1 Å². The van der Waals surface area contributed by atoms with E-state index in [0.717, 1.165) is 4.57 Å². The summed E-state index contributed by atoms with van der Waals surface area (Å²) >= 11 is 0. The molecule has 206 valence electrons. The fourth-order valence-corrected chi connectivity index (χ4v) is 3.30. The highest BCUT2D eigenvalue weighted by molar-refractivity contribution is 5.87. The first-order chi connectivity index (χ1) is 17.5. The molecule has 16 nitrogen and oxygen atoms in total. The normalized spacial score (nSPS) is 21.7. The van der Waals surface area contributed by atoms with Crippen molar-refractivity contribution >= 4 is 29.6 Å². The second-order valence-corrected chi connectivity index (χ2v) is 7.93. The Labute approximate surface area is 210 Å². The molecule has 1 aromatic heterocycles. The van der Waals surface area contributed by atoms with Crippen molar-refractivity contribution in [2.75, 3.05) is 38.3 Å². The van der Waals surface area contributed by atoms with Gasteiger partial charge in [-0.2, -0.15) is 4.98 Å². The van der Waals surface area contributed by atoms with Gasteiger partial charge in [0.25, 0.3) is 0 Å². The fraction of sp³-hybridized carbons (Fsp3) is 0.619. The maximum absolute atomic E-state index is 12.4. The topological polar surface area (TPSA) is 225 Å². The van der Waals surface area contributed by atoms with E-state index in [1.54, 1.807) is 0 Å². The first-order valence-electron chi connectivity index (χ1n) is 11.2. The number of carboxylic acid groups (broad SMARTS) is 1. The second kappa shape index (κ2) is 14.3. The van der Waals surface area contributed by atoms with E-state index < -0.39 is 60.9 Å². The van der Waals surface area contributed by atoms with Gasteiger partial charge in [-0.25, -0.2) is 14.4 Å². The lowest BCUT2D eigenvalue weighted by Gasteiger charge is -2.22. The number of rotatable bonds is 14. The van der Waals surface area contributed by atoms with Crippen molar-refractivity contribution in [1.29, 1.82) is 0 Å². The van der Waals surface area contributed by atoms with Crippen LogP contribution in [-0.2, 0) is 33.3 Å². The molecule has 2 rings (SSSR count). The summed E-state index contributed by atoms with van der Waals surface area (Å²) in [5.41, 5.74) is -0.861. The van der Waals surface area contributed by atoms with Gasteiger partial charge in [0, 0.05) is 26.1 Å². The highest BCUT2D eigenvalue weighted by Crippen LogP contribution is 2.31. The molecule has 1 unspecified atom stereocenters. The van der Waals surface area contributed by atoms with Crippen LogP contribution in [0.4, 0.5) is 10.6 Å². The largest absolute Gasteiger partial charge is 0.479 e. The first kappa shape index (κ1) is 29.8. The number of Topliss-reactive ketones (excluding diaryl/α,β-unsaturated/α-hetero) is 1. The number of aromatic nitrogens is 2. The van der Waals surface area contributed by atoms with Crippen LogP contribution >= 0.6 is 0 Å². The lowest BCUT2D eigenvalue weighted by atomic mass is 10.1. The third-order valence-corrected chi connectivity index (χ3v) is 4.95. The molecule has 37 heavy (non-hydrogen) atoms. The maximum Gasteiger partial charge on any atom is 0.407 e. The highest BCUT2D eigenvalue weighted by atomic mass is 16.6. The Kier molecular flexibility index (Phi) is 11.5. The molecule has 1 saturated heterocycles. The van der Waals surface area contributed by atoms with Gasteiger partial charge < -0.3 is 44.9 Å². The standard InChI is InChI=1S/C21H30N4O12/c1-11(27)9-13(19(30)31)35-8-7-34-6-4-22-21(33)37-17-16(29)14(10-26)36-18(17)25-5-3-15(23-12(2)28)24-20(25)32/h3,5,13-14,16-18,26,29H,4,6-10H2,1-2H3,(H,22,33)(H,30,31)(H,23,24,28,32)/t13?,14-,16-,17-,18-/m1/s1. The molecule has 5 atom stereocenters. The maximum atomic E-state index is 12.4. The first-order valence-corrected chi connectivity index (χ1v) is 11.2. The van der Waals surface area contributed by atoms with E-state index in [0.29, 0.717) is 0 Å². The molecule has 1 aliphatic rings. The second-order valence-electron chi connectivity index (χ2n) is 7.93. The molecular weight excluding hydrogens is 500 g/mol. The molecule has 5 N–H and O–H groups in total. The number of alkyl carbamates (subject to hydrolysis) is 1. The number of anilines is 1. The van der Waals surface area contributed by atoms with E-state index in [9.17, 15) is 34.2 Å². The van der Waals surface area contributed by atoms with Crippen LogP contribution in [0, 0.1) is 0 Å². The van der Waals surface area contributed by atoms with Crippen molar-refractivity contribution in [2.45, 2.75) is 50.9 Å². The Bertz CT molecular complexity index is 1020. The minimum absolute atomic E-state index is 0.00174. The van der Waals surface area contributed by atoms with Gasteiger partial charge in [-0.05, 0) is 13.0 Å². The van der Waals surface area contributed by atoms with Crippen LogP contribution in [0.25, 0.3) is 0 Å². The molecule has 1 aromatic rings. The van der Waals surface area contributed by atoms with E-state index in [-0.39, 0.29) is 44.4 Å². The minimum Gasteiger partial charge on any atom is -0.479 e. The Hall–Kier alpha value is -3.44. The van der Waals surface area contributed by atoms with Gasteiger partial charge in [-0.15, -0.1) is 0 Å². The number of aliphatic carboxylic acids is 1. The van der Waals surface area contributed by atoms with Crippen LogP contribution in [0.3, 0.4) is 0 Å². The van der Waals surface area contributed by atoms with Gasteiger partial charge >= 0.3 is 17.8 Å². The third-order valence-electron chi connectivity index (χ3n) is 4.95. The quantitative estimate of drug-likeness (QED) is 0.164. The molecule has 0 aromatic carbocycles. The molecule has 2 amide bonds. The van der Waals surface area contributed by atoms with Gasteiger partial charge in [0.15, 0.2) is 18.4 Å². The van der Waals surface area contributed by atoms with Crippen LogP contribution in [0.1, 0.15) is 26.5 Å². The average Bonchev–Trinajstić information content (AvgIpc) is 3.11. The zero-order valence-corrected chi connectivity index (χ0v) is 20.2. The average molecular weight is 530 g/mol. The van der Waals surface area contributed by atoms with E-state index >= 15 is 0 Å². The summed E-state index contributed by atoms with van der Waals surface area (Å²) in [5, 5.41) is 33.6. The Morgan fingerprint density at radius 2 is 1.95 bits per heavy atom. The number of amides is 2. The molecular formula is C21H30N4O12. The lowest BCUT2D eigenvalue weighted by molar-refractivity contribution is -0.153. The monoisotopic (exact) mass is 530 g/mol. The molecule has 1 fully saturated rings.